The molecular weight excluding hydrogens is 271 g/mol. The minimum atomic E-state index is -3.84. The molecule has 104 valence electrons. The van der Waals surface area contributed by atoms with Gasteiger partial charge in [-0.3, -0.25) is 4.79 Å². The number of rotatable bonds is 5. The van der Waals surface area contributed by atoms with E-state index >= 15 is 0 Å². The minimum absolute atomic E-state index is 0.0386. The van der Waals surface area contributed by atoms with Crippen molar-refractivity contribution in [3.8, 4) is 0 Å². The summed E-state index contributed by atoms with van der Waals surface area (Å²) in [6, 6.07) is 4.52. The van der Waals surface area contributed by atoms with E-state index in [1.54, 1.807) is 6.92 Å². The van der Waals surface area contributed by atoms with Crippen LogP contribution in [0, 0.1) is 5.82 Å². The van der Waals surface area contributed by atoms with Gasteiger partial charge in [0.2, 0.25) is 15.9 Å². The van der Waals surface area contributed by atoms with Crippen molar-refractivity contribution in [1.29, 1.82) is 0 Å². The number of benzene rings is 1. The molecule has 1 aliphatic rings. The average molecular weight is 286 g/mol. The summed E-state index contributed by atoms with van der Waals surface area (Å²) in [6.07, 6.45) is 0.854. The highest BCUT2D eigenvalue weighted by molar-refractivity contribution is 7.89. The summed E-state index contributed by atoms with van der Waals surface area (Å²) in [7, 11) is -3.84. The Hall–Kier alpha value is -1.47. The Labute approximate surface area is 111 Å². The van der Waals surface area contributed by atoms with Crippen molar-refractivity contribution in [3.05, 3.63) is 30.1 Å². The molecule has 0 saturated heterocycles. The number of carbonyl (C=O) groups excluding carboxylic acids is 1. The molecule has 0 unspecified atom stereocenters. The number of carbonyl (C=O) groups is 1. The van der Waals surface area contributed by atoms with Gasteiger partial charge in [-0.25, -0.2) is 12.8 Å². The summed E-state index contributed by atoms with van der Waals surface area (Å²) >= 11 is 0. The van der Waals surface area contributed by atoms with Crippen LogP contribution in [-0.4, -0.2) is 30.7 Å². The van der Waals surface area contributed by atoms with Crippen molar-refractivity contribution < 1.29 is 17.6 Å². The predicted molar refractivity (Wildman–Crippen MR) is 67.1 cm³/mol. The first kappa shape index (κ1) is 14.0. The Bertz CT molecular complexity index is 594. The average Bonchev–Trinajstić information content (AvgIpc) is 3.11. The van der Waals surface area contributed by atoms with Crippen LogP contribution in [-0.2, 0) is 14.8 Å². The summed E-state index contributed by atoms with van der Waals surface area (Å²) in [5.41, 5.74) is 4.19. The van der Waals surface area contributed by atoms with Gasteiger partial charge < -0.3 is 5.73 Å². The molecule has 5 nitrogen and oxygen atoms in total. The van der Waals surface area contributed by atoms with E-state index in [9.17, 15) is 17.6 Å². The van der Waals surface area contributed by atoms with Crippen molar-refractivity contribution in [2.45, 2.75) is 30.2 Å². The molecule has 2 rings (SSSR count). The Morgan fingerprint density at radius 3 is 2.26 bits per heavy atom. The zero-order valence-electron chi connectivity index (χ0n) is 10.5. The van der Waals surface area contributed by atoms with E-state index < -0.39 is 27.3 Å². The molecule has 0 atom stereocenters. The molecule has 0 spiro atoms. The van der Waals surface area contributed by atoms with Crippen LogP contribution in [0.5, 0.6) is 0 Å². The highest BCUT2D eigenvalue weighted by Crippen LogP contribution is 2.44. The Balaban J connectivity index is 2.43. The van der Waals surface area contributed by atoms with E-state index in [-0.39, 0.29) is 11.4 Å². The summed E-state index contributed by atoms with van der Waals surface area (Å²) in [4.78, 5) is 11.4. The van der Waals surface area contributed by atoms with E-state index in [0.29, 0.717) is 12.8 Å². The lowest BCUT2D eigenvalue weighted by Crippen LogP contribution is -2.49. The smallest absolute Gasteiger partial charge is 0.244 e. The molecular formula is C12H15FN2O3S. The molecule has 0 aromatic heterocycles. The van der Waals surface area contributed by atoms with Gasteiger partial charge in [0.1, 0.15) is 11.4 Å². The largest absolute Gasteiger partial charge is 0.368 e. The predicted octanol–water partition coefficient (Wildman–Crippen LogP) is 0.854. The van der Waals surface area contributed by atoms with Crippen LogP contribution in [0.1, 0.15) is 19.8 Å². The number of halogens is 1. The third-order valence-corrected chi connectivity index (χ3v) is 5.40. The Morgan fingerprint density at radius 1 is 1.37 bits per heavy atom. The van der Waals surface area contributed by atoms with Gasteiger partial charge in [-0.1, -0.05) is 6.92 Å². The first-order valence-electron chi connectivity index (χ1n) is 5.93. The maximum Gasteiger partial charge on any atom is 0.244 e. The molecule has 7 heteroatoms. The summed E-state index contributed by atoms with van der Waals surface area (Å²) in [5.74, 6) is -1.15. The number of nitrogens with zero attached hydrogens (tertiary/aromatic N) is 1. The second-order valence-corrected chi connectivity index (χ2v) is 6.38. The van der Waals surface area contributed by atoms with Gasteiger partial charge >= 0.3 is 0 Å². The summed E-state index contributed by atoms with van der Waals surface area (Å²) < 4.78 is 38.9. The van der Waals surface area contributed by atoms with E-state index in [1.165, 1.54) is 12.1 Å². The molecule has 0 bridgehead atoms. The molecule has 1 aliphatic carbocycles. The van der Waals surface area contributed by atoms with E-state index in [1.807, 2.05) is 0 Å². The normalized spacial score (nSPS) is 17.4. The lowest BCUT2D eigenvalue weighted by Gasteiger charge is -2.27. The molecule has 0 radical (unpaired) electrons. The number of hydrogen-bond acceptors (Lipinski definition) is 3. The topological polar surface area (TPSA) is 80.5 Å². The van der Waals surface area contributed by atoms with Crippen molar-refractivity contribution >= 4 is 15.9 Å². The fourth-order valence-electron chi connectivity index (χ4n) is 2.17. The number of hydrogen-bond donors (Lipinski definition) is 1. The number of likely N-dealkylation sites (N-methyl/N-ethyl adjacent to an activating group) is 1. The maximum absolute atomic E-state index is 12.8. The summed E-state index contributed by atoms with van der Waals surface area (Å²) in [6.45, 7) is 1.78. The Kier molecular flexibility index (Phi) is 3.36. The van der Waals surface area contributed by atoms with Crippen LogP contribution in [0.2, 0.25) is 0 Å². The van der Waals surface area contributed by atoms with Gasteiger partial charge in [0.25, 0.3) is 0 Å². The molecule has 0 aliphatic heterocycles. The van der Waals surface area contributed by atoms with Gasteiger partial charge in [-0.2, -0.15) is 4.31 Å². The highest BCUT2D eigenvalue weighted by atomic mass is 32.2. The van der Waals surface area contributed by atoms with Crippen molar-refractivity contribution in [2.24, 2.45) is 5.73 Å². The third kappa shape index (κ3) is 2.23. The van der Waals surface area contributed by atoms with Crippen LogP contribution in [0.15, 0.2) is 29.2 Å². The fourth-order valence-corrected chi connectivity index (χ4v) is 3.98. The second kappa shape index (κ2) is 4.57. The molecule has 1 amide bonds. The van der Waals surface area contributed by atoms with Gasteiger partial charge in [-0.05, 0) is 37.1 Å². The first-order chi connectivity index (χ1) is 8.84. The van der Waals surface area contributed by atoms with Crippen molar-refractivity contribution in [3.63, 3.8) is 0 Å². The Morgan fingerprint density at radius 2 is 1.89 bits per heavy atom. The van der Waals surface area contributed by atoms with Crippen molar-refractivity contribution in [1.82, 2.24) is 4.31 Å². The zero-order chi connectivity index (χ0) is 14.3. The first-order valence-corrected chi connectivity index (χ1v) is 7.37. The van der Waals surface area contributed by atoms with Crippen LogP contribution in [0.25, 0.3) is 0 Å². The quantitative estimate of drug-likeness (QED) is 0.871. The maximum atomic E-state index is 12.8. The van der Waals surface area contributed by atoms with Crippen LogP contribution in [0.3, 0.4) is 0 Å². The standard InChI is InChI=1S/C12H15FN2O3S/c1-2-15(12(7-8-12)11(14)16)19(17,18)10-5-3-9(13)4-6-10/h3-6H,2,7-8H2,1H3,(H2,14,16). The SMILES string of the molecule is CCN(C1(C(N)=O)CC1)S(=O)(=O)c1ccc(F)cc1. The number of primary amides is 1. The molecule has 19 heavy (non-hydrogen) atoms. The van der Waals surface area contributed by atoms with E-state index in [0.717, 1.165) is 16.4 Å². The lowest BCUT2D eigenvalue weighted by molar-refractivity contribution is -0.122. The van der Waals surface area contributed by atoms with Crippen LogP contribution >= 0.6 is 0 Å². The second-order valence-electron chi connectivity index (χ2n) is 4.52. The number of amides is 1. The molecule has 1 fully saturated rings. The fraction of sp³-hybridized carbons (Fsp3) is 0.417. The van der Waals surface area contributed by atoms with E-state index in [4.69, 9.17) is 5.73 Å². The number of sulfonamides is 1. The van der Waals surface area contributed by atoms with Gasteiger partial charge in [0.05, 0.1) is 4.90 Å². The number of nitrogens with two attached hydrogens (primary N) is 1. The van der Waals surface area contributed by atoms with Crippen LogP contribution < -0.4 is 5.73 Å². The lowest BCUT2D eigenvalue weighted by atomic mass is 10.2. The van der Waals surface area contributed by atoms with Crippen molar-refractivity contribution in [2.75, 3.05) is 6.54 Å². The monoisotopic (exact) mass is 286 g/mol. The zero-order valence-corrected chi connectivity index (χ0v) is 11.3. The molecule has 2 N–H and O–H groups in total. The van der Waals surface area contributed by atoms with E-state index in [2.05, 4.69) is 0 Å². The van der Waals surface area contributed by atoms with Gasteiger partial charge in [0.15, 0.2) is 0 Å². The van der Waals surface area contributed by atoms with Crippen LogP contribution in [0.4, 0.5) is 4.39 Å². The third-order valence-electron chi connectivity index (χ3n) is 3.35. The molecule has 1 aromatic rings. The van der Waals surface area contributed by atoms with Gasteiger partial charge in [0, 0.05) is 6.54 Å². The molecule has 1 saturated carbocycles. The minimum Gasteiger partial charge on any atom is -0.368 e. The molecule has 0 heterocycles. The highest BCUT2D eigenvalue weighted by Gasteiger charge is 2.57. The van der Waals surface area contributed by atoms with Gasteiger partial charge in [-0.15, -0.1) is 0 Å². The molecule has 1 aromatic carbocycles. The summed E-state index contributed by atoms with van der Waals surface area (Å²) in [5, 5.41) is 0.